The second-order valence-electron chi connectivity index (χ2n) is 13.1. The molecule has 3 unspecified atom stereocenters. The normalized spacial score (nSPS) is 29.3. The molecule has 9 heteroatoms. The Morgan fingerprint density at radius 2 is 1.65 bits per heavy atom. The number of para-hydroxylation sites is 1. The van der Waals surface area contributed by atoms with Crippen molar-refractivity contribution in [1.29, 1.82) is 0 Å². The summed E-state index contributed by atoms with van der Waals surface area (Å²) in [5.41, 5.74) is 0.432. The van der Waals surface area contributed by atoms with E-state index in [1.165, 1.54) is 0 Å². The van der Waals surface area contributed by atoms with Crippen molar-refractivity contribution in [2.45, 2.75) is 79.6 Å². The number of hydrogen-bond donors (Lipinski definition) is 1. The summed E-state index contributed by atoms with van der Waals surface area (Å²) in [6, 6.07) is 17.4. The lowest BCUT2D eigenvalue weighted by Crippen LogP contribution is -2.61. The fourth-order valence-electron chi connectivity index (χ4n) is 8.51. The van der Waals surface area contributed by atoms with Gasteiger partial charge >= 0.3 is 0 Å². The molecule has 1 spiro atoms. The first-order valence-corrected chi connectivity index (χ1v) is 17.4. The number of likely N-dealkylation sites (tertiary alicyclic amines) is 1. The lowest BCUT2D eigenvalue weighted by molar-refractivity contribution is -0.153. The van der Waals surface area contributed by atoms with Crippen LogP contribution in [0.4, 0.5) is 5.69 Å². The number of rotatable bonds is 12. The predicted octanol–water partition coefficient (Wildman–Crippen LogP) is 4.90. The summed E-state index contributed by atoms with van der Waals surface area (Å²) in [5, 5.41) is 10.8. The van der Waals surface area contributed by atoms with Gasteiger partial charge in [-0.1, -0.05) is 95.9 Å². The van der Waals surface area contributed by atoms with Crippen LogP contribution in [0, 0.1) is 11.8 Å². The number of carbonyl (C=O) groups is 3. The van der Waals surface area contributed by atoms with Crippen LogP contribution in [0.1, 0.15) is 44.1 Å². The van der Waals surface area contributed by atoms with Crippen molar-refractivity contribution in [2.75, 3.05) is 24.6 Å². The highest BCUT2D eigenvalue weighted by molar-refractivity contribution is 9.09. The number of nitrogens with zero attached hydrogens (tertiary/aromatic N) is 3. The Labute approximate surface area is 280 Å². The number of aliphatic hydroxyl groups excluding tert-OH is 1. The molecule has 7 atom stereocenters. The van der Waals surface area contributed by atoms with Crippen LogP contribution in [0.25, 0.3) is 0 Å². The number of hydrogen-bond acceptors (Lipinski definition) is 5. The van der Waals surface area contributed by atoms with Gasteiger partial charge in [0.2, 0.25) is 17.7 Å². The molecule has 2 aromatic rings. The molecule has 46 heavy (non-hydrogen) atoms. The van der Waals surface area contributed by atoms with Gasteiger partial charge in [-0.2, -0.15) is 0 Å². The number of anilines is 1. The van der Waals surface area contributed by atoms with Gasteiger partial charge in [-0.05, 0) is 43.4 Å². The summed E-state index contributed by atoms with van der Waals surface area (Å²) in [6.45, 7) is 8.14. The van der Waals surface area contributed by atoms with E-state index < -0.39 is 35.6 Å². The zero-order valence-corrected chi connectivity index (χ0v) is 27.8. The number of aliphatic hydroxyl groups is 1. The average molecular weight is 691 g/mol. The molecular formula is C37H44BrN3O5. The average Bonchev–Trinajstić information content (AvgIpc) is 3.68. The van der Waals surface area contributed by atoms with Crippen LogP contribution >= 0.6 is 15.9 Å². The van der Waals surface area contributed by atoms with Crippen molar-refractivity contribution in [3.63, 3.8) is 0 Å². The Kier molecular flexibility index (Phi) is 9.83. The molecule has 3 aliphatic heterocycles. The fourth-order valence-corrected chi connectivity index (χ4v) is 9.45. The van der Waals surface area contributed by atoms with E-state index in [1.807, 2.05) is 65.6 Å². The van der Waals surface area contributed by atoms with Crippen molar-refractivity contribution >= 4 is 39.3 Å². The van der Waals surface area contributed by atoms with Gasteiger partial charge in [0.15, 0.2) is 0 Å². The SMILES string of the molecule is C=CCN(C(=O)[C@H]1[C@@H]2OC3(CC2Br)C(C(=O)N(CC=C)C2CCCCC2)N([C@@H](CO)Cc2ccccc2)C(=O)[C@H]13)c1ccccc1. The Hall–Kier alpha value is -3.27. The Morgan fingerprint density at radius 1 is 1.00 bits per heavy atom. The second kappa shape index (κ2) is 13.8. The smallest absolute Gasteiger partial charge is 0.248 e. The topological polar surface area (TPSA) is 90.4 Å². The maximum atomic E-state index is 15.0. The molecule has 2 aromatic carbocycles. The number of carbonyl (C=O) groups excluding carboxylic acids is 3. The Balaban J connectivity index is 1.44. The summed E-state index contributed by atoms with van der Waals surface area (Å²) in [5.74, 6) is -2.40. The van der Waals surface area contributed by atoms with Gasteiger partial charge in [-0.3, -0.25) is 14.4 Å². The second-order valence-corrected chi connectivity index (χ2v) is 14.3. The van der Waals surface area contributed by atoms with Crippen LogP contribution in [0.15, 0.2) is 86.0 Å². The fraction of sp³-hybridized carbons (Fsp3) is 0.486. The molecule has 2 bridgehead atoms. The van der Waals surface area contributed by atoms with Gasteiger partial charge in [-0.15, -0.1) is 13.2 Å². The zero-order valence-electron chi connectivity index (χ0n) is 26.3. The van der Waals surface area contributed by atoms with E-state index >= 15 is 4.79 Å². The van der Waals surface area contributed by atoms with E-state index in [4.69, 9.17) is 4.74 Å². The molecule has 3 saturated heterocycles. The molecular weight excluding hydrogens is 646 g/mol. The van der Waals surface area contributed by atoms with Crippen molar-refractivity contribution < 1.29 is 24.2 Å². The Bertz CT molecular complexity index is 1430. The molecule has 0 aromatic heterocycles. The van der Waals surface area contributed by atoms with E-state index in [9.17, 15) is 14.7 Å². The minimum absolute atomic E-state index is 0.0327. The van der Waals surface area contributed by atoms with Gasteiger partial charge < -0.3 is 24.5 Å². The molecule has 1 N–H and O–H groups in total. The number of amides is 3. The summed E-state index contributed by atoms with van der Waals surface area (Å²) < 4.78 is 6.85. The van der Waals surface area contributed by atoms with Crippen LogP contribution in [0.5, 0.6) is 0 Å². The number of halogens is 1. The lowest BCUT2D eigenvalue weighted by atomic mass is 9.70. The van der Waals surface area contributed by atoms with E-state index in [1.54, 1.807) is 22.0 Å². The molecule has 4 fully saturated rings. The highest BCUT2D eigenvalue weighted by Crippen LogP contribution is 2.61. The van der Waals surface area contributed by atoms with Crippen molar-refractivity contribution in [2.24, 2.45) is 11.8 Å². The highest BCUT2D eigenvalue weighted by Gasteiger charge is 2.77. The van der Waals surface area contributed by atoms with Gasteiger partial charge in [0, 0.05) is 29.6 Å². The maximum Gasteiger partial charge on any atom is 0.248 e. The van der Waals surface area contributed by atoms with Crippen LogP contribution in [0.3, 0.4) is 0 Å². The van der Waals surface area contributed by atoms with Gasteiger partial charge in [-0.25, -0.2) is 0 Å². The minimum Gasteiger partial charge on any atom is -0.394 e. The van der Waals surface area contributed by atoms with Gasteiger partial charge in [0.05, 0.1) is 30.6 Å². The lowest BCUT2D eigenvalue weighted by Gasteiger charge is -2.42. The zero-order chi connectivity index (χ0) is 32.4. The van der Waals surface area contributed by atoms with Gasteiger partial charge in [0.25, 0.3) is 0 Å². The molecule has 4 aliphatic rings. The number of alkyl halides is 1. The molecule has 1 saturated carbocycles. The molecule has 244 valence electrons. The molecule has 6 rings (SSSR count). The quantitative estimate of drug-likeness (QED) is 0.253. The van der Waals surface area contributed by atoms with Crippen molar-refractivity contribution in [3.05, 3.63) is 91.5 Å². The molecule has 0 radical (unpaired) electrons. The predicted molar refractivity (Wildman–Crippen MR) is 181 cm³/mol. The van der Waals surface area contributed by atoms with Crippen LogP contribution < -0.4 is 4.90 Å². The first kappa shape index (κ1) is 32.7. The van der Waals surface area contributed by atoms with E-state index in [-0.39, 0.29) is 41.7 Å². The minimum atomic E-state index is -1.22. The number of ether oxygens (including phenoxy) is 1. The first-order valence-electron chi connectivity index (χ1n) is 16.5. The van der Waals surface area contributed by atoms with Crippen LogP contribution in [0.2, 0.25) is 0 Å². The maximum absolute atomic E-state index is 15.0. The third kappa shape index (κ3) is 5.64. The summed E-state index contributed by atoms with van der Waals surface area (Å²) in [7, 11) is 0. The first-order chi connectivity index (χ1) is 22.4. The third-order valence-corrected chi connectivity index (χ3v) is 11.3. The van der Waals surface area contributed by atoms with Crippen molar-refractivity contribution in [3.8, 4) is 0 Å². The van der Waals surface area contributed by atoms with E-state index in [0.29, 0.717) is 25.1 Å². The molecule has 8 nitrogen and oxygen atoms in total. The molecule has 3 heterocycles. The number of fused-ring (bicyclic) bond motifs is 1. The van der Waals surface area contributed by atoms with Crippen LogP contribution in [-0.2, 0) is 25.5 Å². The van der Waals surface area contributed by atoms with E-state index in [2.05, 4.69) is 29.1 Å². The standard InChI is InChI=1S/C37H44BrN3O5/c1-3-20-39(26-16-10-6-11-17-26)34(43)30-31-35(44)41(28(24-42)22-25-14-8-5-9-15-25)33(37(31)23-29(38)32(30)46-37)36(45)40(21-4-2)27-18-12-7-13-19-27/h3-6,8-11,14-17,27-33,42H,1-2,7,12-13,18-24H2/t28-,29?,30-,31+,32-,33?,37?/m1/s1. The number of benzene rings is 2. The molecule has 1 aliphatic carbocycles. The van der Waals surface area contributed by atoms with E-state index in [0.717, 1.165) is 37.7 Å². The summed E-state index contributed by atoms with van der Waals surface area (Å²) in [6.07, 6.45) is 8.62. The van der Waals surface area contributed by atoms with Crippen LogP contribution in [-0.4, -0.2) is 87.0 Å². The molecule has 3 amide bonds. The summed E-state index contributed by atoms with van der Waals surface area (Å²) >= 11 is 3.81. The monoisotopic (exact) mass is 689 g/mol. The Morgan fingerprint density at radius 3 is 2.28 bits per heavy atom. The summed E-state index contributed by atoms with van der Waals surface area (Å²) in [4.78, 5) is 49.4. The largest absolute Gasteiger partial charge is 0.394 e. The van der Waals surface area contributed by atoms with Gasteiger partial charge in [0.1, 0.15) is 11.6 Å². The third-order valence-electron chi connectivity index (χ3n) is 10.4. The highest BCUT2D eigenvalue weighted by atomic mass is 79.9. The van der Waals surface area contributed by atoms with Crippen molar-refractivity contribution in [1.82, 2.24) is 9.80 Å².